The second-order valence-corrected chi connectivity index (χ2v) is 4.75. The Morgan fingerprint density at radius 2 is 1.75 bits per heavy atom. The molecule has 2 saturated carbocycles. The van der Waals surface area contributed by atoms with Crippen molar-refractivity contribution in [1.29, 1.82) is 0 Å². The first-order valence-electron chi connectivity index (χ1n) is 5.57. The van der Waals surface area contributed by atoms with Crippen LogP contribution in [0.4, 0.5) is 0 Å². The van der Waals surface area contributed by atoms with Crippen LogP contribution < -0.4 is 5.73 Å². The minimum absolute atomic E-state index is 0.801. The van der Waals surface area contributed by atoms with E-state index in [0.29, 0.717) is 0 Å². The van der Waals surface area contributed by atoms with Crippen molar-refractivity contribution >= 4 is 0 Å². The van der Waals surface area contributed by atoms with Gasteiger partial charge in [0.1, 0.15) is 0 Å². The largest absolute Gasteiger partial charge is 0.330 e. The smallest absolute Gasteiger partial charge is 0.00744 e. The van der Waals surface area contributed by atoms with Crippen molar-refractivity contribution in [2.75, 3.05) is 6.54 Å². The second kappa shape index (κ2) is 3.37. The van der Waals surface area contributed by atoms with Gasteiger partial charge in [-0.25, -0.2) is 0 Å². The van der Waals surface area contributed by atoms with E-state index in [2.05, 4.69) is 0 Å². The molecule has 1 spiro atoms. The van der Waals surface area contributed by atoms with Crippen LogP contribution in [-0.2, 0) is 0 Å². The first kappa shape index (κ1) is 8.55. The van der Waals surface area contributed by atoms with E-state index in [9.17, 15) is 0 Å². The van der Waals surface area contributed by atoms with Gasteiger partial charge in [-0.05, 0) is 43.6 Å². The summed E-state index contributed by atoms with van der Waals surface area (Å²) < 4.78 is 0. The molecule has 0 aromatic carbocycles. The van der Waals surface area contributed by atoms with E-state index in [0.717, 1.165) is 17.9 Å². The molecule has 0 aromatic heterocycles. The predicted octanol–water partition coefficient (Wildman–Crippen LogP) is 2.70. The Hall–Kier alpha value is -0.0400. The van der Waals surface area contributed by atoms with Crippen LogP contribution in [0.25, 0.3) is 0 Å². The maximum absolute atomic E-state index is 5.60. The van der Waals surface area contributed by atoms with Gasteiger partial charge in [-0.3, -0.25) is 0 Å². The van der Waals surface area contributed by atoms with E-state index >= 15 is 0 Å². The fourth-order valence-corrected chi connectivity index (χ4v) is 3.09. The average Bonchev–Trinajstić information content (AvgIpc) is 2.79. The molecular formula is C11H21N. The van der Waals surface area contributed by atoms with Gasteiger partial charge in [-0.15, -0.1) is 0 Å². The molecule has 0 aliphatic heterocycles. The predicted molar refractivity (Wildman–Crippen MR) is 51.9 cm³/mol. The van der Waals surface area contributed by atoms with Gasteiger partial charge >= 0.3 is 0 Å². The molecule has 12 heavy (non-hydrogen) atoms. The molecule has 2 aliphatic rings. The van der Waals surface area contributed by atoms with Crippen LogP contribution in [0.5, 0.6) is 0 Å². The van der Waals surface area contributed by atoms with Crippen molar-refractivity contribution in [2.45, 2.75) is 51.4 Å². The minimum atomic E-state index is 0.801. The molecule has 2 rings (SSSR count). The summed E-state index contributed by atoms with van der Waals surface area (Å²) in [6.07, 6.45) is 11.8. The Morgan fingerprint density at radius 1 is 1.08 bits per heavy atom. The highest BCUT2D eigenvalue weighted by Gasteiger charge is 2.51. The van der Waals surface area contributed by atoms with Crippen molar-refractivity contribution in [1.82, 2.24) is 0 Å². The van der Waals surface area contributed by atoms with Crippen LogP contribution in [0, 0.1) is 11.3 Å². The molecule has 0 saturated heterocycles. The molecule has 0 heterocycles. The molecule has 70 valence electrons. The Bertz CT molecular complexity index is 145. The second-order valence-electron chi connectivity index (χ2n) is 4.75. The molecule has 0 bridgehead atoms. The number of hydrogen-bond acceptors (Lipinski definition) is 1. The summed E-state index contributed by atoms with van der Waals surface area (Å²) in [6, 6.07) is 0. The molecule has 0 amide bonds. The lowest BCUT2D eigenvalue weighted by molar-refractivity contribution is 0.386. The number of rotatable bonds is 2. The van der Waals surface area contributed by atoms with Gasteiger partial charge in [0, 0.05) is 0 Å². The van der Waals surface area contributed by atoms with Crippen LogP contribution in [-0.4, -0.2) is 6.54 Å². The average molecular weight is 167 g/mol. The lowest BCUT2D eigenvalue weighted by Gasteiger charge is -2.13. The maximum Gasteiger partial charge on any atom is -0.00744 e. The molecule has 1 atom stereocenters. The zero-order valence-corrected chi connectivity index (χ0v) is 8.02. The summed E-state index contributed by atoms with van der Waals surface area (Å²) in [5.74, 6) is 1.01. The van der Waals surface area contributed by atoms with Crippen molar-refractivity contribution in [3.05, 3.63) is 0 Å². The van der Waals surface area contributed by atoms with Crippen molar-refractivity contribution in [2.24, 2.45) is 17.1 Å². The molecule has 1 heteroatoms. The Balaban J connectivity index is 1.86. The third-order valence-electron chi connectivity index (χ3n) is 3.97. The Labute approximate surface area is 75.7 Å². The fraction of sp³-hybridized carbons (Fsp3) is 1.00. The zero-order chi connectivity index (χ0) is 8.44. The standard InChI is InChI=1S/C11H21N/c12-8-5-10-9-11(10)6-3-1-2-4-7-11/h10H,1-9,12H2. The summed E-state index contributed by atoms with van der Waals surface area (Å²) in [5.41, 5.74) is 6.40. The lowest BCUT2D eigenvalue weighted by atomic mass is 9.93. The van der Waals surface area contributed by atoms with Gasteiger partial charge in [0.2, 0.25) is 0 Å². The molecule has 2 N–H and O–H groups in total. The summed E-state index contributed by atoms with van der Waals surface area (Å²) in [5, 5.41) is 0. The van der Waals surface area contributed by atoms with Crippen LogP contribution in [0.2, 0.25) is 0 Å². The van der Waals surface area contributed by atoms with Gasteiger partial charge in [0.15, 0.2) is 0 Å². The summed E-state index contributed by atoms with van der Waals surface area (Å²) in [6.45, 7) is 0.909. The molecule has 2 fully saturated rings. The summed E-state index contributed by atoms with van der Waals surface area (Å²) >= 11 is 0. The third-order valence-corrected chi connectivity index (χ3v) is 3.97. The van der Waals surface area contributed by atoms with Gasteiger partial charge in [-0.2, -0.15) is 0 Å². The van der Waals surface area contributed by atoms with Crippen LogP contribution >= 0.6 is 0 Å². The highest BCUT2D eigenvalue weighted by atomic mass is 14.6. The summed E-state index contributed by atoms with van der Waals surface area (Å²) in [4.78, 5) is 0. The van der Waals surface area contributed by atoms with Gasteiger partial charge in [0.25, 0.3) is 0 Å². The summed E-state index contributed by atoms with van der Waals surface area (Å²) in [7, 11) is 0. The lowest BCUT2D eigenvalue weighted by Crippen LogP contribution is -2.06. The topological polar surface area (TPSA) is 26.0 Å². The fourth-order valence-electron chi connectivity index (χ4n) is 3.09. The molecule has 2 aliphatic carbocycles. The van der Waals surface area contributed by atoms with E-state index in [-0.39, 0.29) is 0 Å². The molecule has 1 nitrogen and oxygen atoms in total. The number of nitrogens with two attached hydrogens (primary N) is 1. The van der Waals surface area contributed by atoms with Crippen molar-refractivity contribution < 1.29 is 0 Å². The van der Waals surface area contributed by atoms with E-state index in [1.54, 1.807) is 0 Å². The Kier molecular flexibility index (Phi) is 2.40. The van der Waals surface area contributed by atoms with Gasteiger partial charge < -0.3 is 5.73 Å². The molecule has 0 aromatic rings. The first-order chi connectivity index (χ1) is 5.87. The molecule has 0 radical (unpaired) electrons. The molecule has 1 unspecified atom stereocenters. The van der Waals surface area contributed by atoms with E-state index < -0.39 is 0 Å². The Morgan fingerprint density at radius 3 is 2.33 bits per heavy atom. The maximum atomic E-state index is 5.60. The van der Waals surface area contributed by atoms with Crippen LogP contribution in [0.15, 0.2) is 0 Å². The minimum Gasteiger partial charge on any atom is -0.330 e. The highest BCUT2D eigenvalue weighted by molar-refractivity contribution is 5.02. The first-order valence-corrected chi connectivity index (χ1v) is 5.57. The SMILES string of the molecule is NCCC1CC12CCCCCC2. The van der Waals surface area contributed by atoms with E-state index in [1.165, 1.54) is 51.4 Å². The quantitative estimate of drug-likeness (QED) is 0.672. The van der Waals surface area contributed by atoms with E-state index in [4.69, 9.17) is 5.73 Å². The van der Waals surface area contributed by atoms with Crippen LogP contribution in [0.1, 0.15) is 51.4 Å². The van der Waals surface area contributed by atoms with Gasteiger partial charge in [-0.1, -0.05) is 25.7 Å². The third kappa shape index (κ3) is 1.52. The van der Waals surface area contributed by atoms with Crippen LogP contribution in [0.3, 0.4) is 0 Å². The van der Waals surface area contributed by atoms with Crippen molar-refractivity contribution in [3.63, 3.8) is 0 Å². The number of hydrogen-bond donors (Lipinski definition) is 1. The molecular weight excluding hydrogens is 146 g/mol. The monoisotopic (exact) mass is 167 g/mol. The zero-order valence-electron chi connectivity index (χ0n) is 8.02. The van der Waals surface area contributed by atoms with Crippen molar-refractivity contribution in [3.8, 4) is 0 Å². The van der Waals surface area contributed by atoms with E-state index in [1.807, 2.05) is 0 Å². The highest BCUT2D eigenvalue weighted by Crippen LogP contribution is 2.61. The normalized spacial score (nSPS) is 33.2. The van der Waals surface area contributed by atoms with Gasteiger partial charge in [0.05, 0.1) is 0 Å².